The number of thiazole rings is 1. The fourth-order valence-electron chi connectivity index (χ4n) is 2.50. The second-order valence-electron chi connectivity index (χ2n) is 5.21. The number of carbonyl (C=O) groups is 2. The quantitative estimate of drug-likeness (QED) is 0.647. The van der Waals surface area contributed by atoms with E-state index in [1.807, 2.05) is 0 Å². The number of benzene rings is 2. The molecule has 140 valence electrons. The number of amides is 1. The average molecular weight is 413 g/mol. The molecule has 0 atom stereocenters. The molecule has 0 unspecified atom stereocenters. The van der Waals surface area contributed by atoms with Gasteiger partial charge in [-0.3, -0.25) is 4.79 Å². The number of hydrogen-bond acceptors (Lipinski definition) is 6. The number of fused-ring (bicyclic) bond motifs is 1. The first kappa shape index (κ1) is 19.0. The maximum Gasteiger partial charge on any atom is 0.342 e. The summed E-state index contributed by atoms with van der Waals surface area (Å²) in [6.07, 6.45) is 0. The first-order valence-corrected chi connectivity index (χ1v) is 8.57. The fourth-order valence-corrected chi connectivity index (χ4v) is 3.65. The molecular formula is C17H11ClF2N2O4S. The van der Waals surface area contributed by atoms with E-state index in [1.165, 1.54) is 13.2 Å². The zero-order valence-corrected chi connectivity index (χ0v) is 15.5. The SMILES string of the molecule is COC(=O)c1c(F)cc(F)cc1NC(=O)c1c(OC)ccc2nc(Cl)sc12. The van der Waals surface area contributed by atoms with E-state index in [1.54, 1.807) is 6.07 Å². The Bertz CT molecular complexity index is 1070. The second-order valence-corrected chi connectivity index (χ2v) is 6.79. The molecule has 10 heteroatoms. The summed E-state index contributed by atoms with van der Waals surface area (Å²) in [5, 5.41) is 2.34. The molecule has 0 aliphatic heterocycles. The predicted molar refractivity (Wildman–Crippen MR) is 96.8 cm³/mol. The minimum atomic E-state index is -1.16. The third kappa shape index (κ3) is 3.56. The van der Waals surface area contributed by atoms with Crippen LogP contribution in [-0.2, 0) is 4.74 Å². The molecular weight excluding hydrogens is 402 g/mol. The van der Waals surface area contributed by atoms with Crippen LogP contribution in [0.1, 0.15) is 20.7 Å². The van der Waals surface area contributed by atoms with Crippen LogP contribution in [0.5, 0.6) is 5.75 Å². The monoisotopic (exact) mass is 412 g/mol. The third-order valence-electron chi connectivity index (χ3n) is 3.63. The van der Waals surface area contributed by atoms with Gasteiger partial charge in [0.05, 0.1) is 30.1 Å². The molecule has 3 aromatic rings. The van der Waals surface area contributed by atoms with Crippen molar-refractivity contribution in [1.82, 2.24) is 4.98 Å². The van der Waals surface area contributed by atoms with Gasteiger partial charge < -0.3 is 14.8 Å². The first-order valence-electron chi connectivity index (χ1n) is 7.37. The average Bonchev–Trinajstić information content (AvgIpc) is 2.99. The summed E-state index contributed by atoms with van der Waals surface area (Å²) in [5.74, 6) is -3.75. The standard InChI is InChI=1S/C17H11ClF2N2O4S/c1-25-11-4-3-9-14(27-17(18)22-9)13(11)15(23)21-10-6-7(19)5-8(20)12(10)16(24)26-2/h3-6H,1-2H3,(H,21,23). The van der Waals surface area contributed by atoms with Gasteiger partial charge in [-0.1, -0.05) is 11.6 Å². The van der Waals surface area contributed by atoms with E-state index in [0.717, 1.165) is 24.5 Å². The highest BCUT2D eigenvalue weighted by Crippen LogP contribution is 2.35. The Hall–Kier alpha value is -2.78. The number of halogens is 3. The molecule has 0 aliphatic carbocycles. The van der Waals surface area contributed by atoms with Crippen LogP contribution in [0, 0.1) is 11.6 Å². The highest BCUT2D eigenvalue weighted by atomic mass is 35.5. The molecule has 1 heterocycles. The van der Waals surface area contributed by atoms with Crippen molar-refractivity contribution in [3.63, 3.8) is 0 Å². The largest absolute Gasteiger partial charge is 0.496 e. The van der Waals surface area contributed by atoms with Crippen molar-refractivity contribution >= 4 is 50.7 Å². The smallest absolute Gasteiger partial charge is 0.342 e. The molecule has 2 aromatic carbocycles. The van der Waals surface area contributed by atoms with Gasteiger partial charge in [0.2, 0.25) is 0 Å². The summed E-state index contributed by atoms with van der Waals surface area (Å²) >= 11 is 6.96. The van der Waals surface area contributed by atoms with E-state index >= 15 is 0 Å². The summed E-state index contributed by atoms with van der Waals surface area (Å²) in [6.45, 7) is 0. The van der Waals surface area contributed by atoms with Crippen LogP contribution in [0.2, 0.25) is 4.47 Å². The van der Waals surface area contributed by atoms with Crippen LogP contribution in [0.25, 0.3) is 10.2 Å². The Kier molecular flexibility index (Phi) is 5.24. The van der Waals surface area contributed by atoms with Crippen LogP contribution < -0.4 is 10.1 Å². The molecule has 0 aliphatic rings. The minimum Gasteiger partial charge on any atom is -0.496 e. The molecule has 27 heavy (non-hydrogen) atoms. The van der Waals surface area contributed by atoms with E-state index in [9.17, 15) is 18.4 Å². The van der Waals surface area contributed by atoms with Crippen LogP contribution in [0.15, 0.2) is 24.3 Å². The number of carbonyl (C=O) groups excluding carboxylic acids is 2. The van der Waals surface area contributed by atoms with Crippen molar-refractivity contribution in [3.8, 4) is 5.75 Å². The van der Waals surface area contributed by atoms with E-state index in [2.05, 4.69) is 15.0 Å². The van der Waals surface area contributed by atoms with Gasteiger partial charge in [0.15, 0.2) is 4.47 Å². The number of hydrogen-bond donors (Lipinski definition) is 1. The zero-order chi connectivity index (χ0) is 19.7. The van der Waals surface area contributed by atoms with E-state index < -0.39 is 29.1 Å². The summed E-state index contributed by atoms with van der Waals surface area (Å²) in [6, 6.07) is 4.47. The lowest BCUT2D eigenvalue weighted by Crippen LogP contribution is -2.18. The molecule has 1 aromatic heterocycles. The van der Waals surface area contributed by atoms with Gasteiger partial charge in [0.25, 0.3) is 5.91 Å². The molecule has 3 rings (SSSR count). The maximum absolute atomic E-state index is 14.1. The Morgan fingerprint density at radius 2 is 1.93 bits per heavy atom. The number of anilines is 1. The van der Waals surface area contributed by atoms with E-state index in [-0.39, 0.29) is 21.5 Å². The lowest BCUT2D eigenvalue weighted by Gasteiger charge is -2.13. The van der Waals surface area contributed by atoms with Crippen molar-refractivity contribution in [2.75, 3.05) is 19.5 Å². The number of nitrogens with zero attached hydrogens (tertiary/aromatic N) is 1. The Morgan fingerprint density at radius 3 is 2.59 bits per heavy atom. The second kappa shape index (κ2) is 7.45. The number of aromatic nitrogens is 1. The first-order chi connectivity index (χ1) is 12.8. The molecule has 0 saturated heterocycles. The predicted octanol–water partition coefficient (Wildman–Crippen LogP) is 4.28. The van der Waals surface area contributed by atoms with Gasteiger partial charge in [0, 0.05) is 6.07 Å². The Labute approximate surface area is 160 Å². The van der Waals surface area contributed by atoms with Gasteiger partial charge >= 0.3 is 5.97 Å². The zero-order valence-electron chi connectivity index (χ0n) is 13.9. The molecule has 0 saturated carbocycles. The highest BCUT2D eigenvalue weighted by Gasteiger charge is 2.24. The summed E-state index contributed by atoms with van der Waals surface area (Å²) in [5.41, 5.74) is -0.450. The van der Waals surface area contributed by atoms with Crippen molar-refractivity contribution in [2.45, 2.75) is 0 Å². The van der Waals surface area contributed by atoms with Gasteiger partial charge in [-0.25, -0.2) is 18.6 Å². The van der Waals surface area contributed by atoms with Crippen LogP contribution in [0.4, 0.5) is 14.5 Å². The number of rotatable bonds is 4. The molecule has 1 amide bonds. The van der Waals surface area contributed by atoms with Crippen LogP contribution in [0.3, 0.4) is 0 Å². The van der Waals surface area contributed by atoms with Crippen LogP contribution >= 0.6 is 22.9 Å². The van der Waals surface area contributed by atoms with Crippen molar-refractivity contribution in [1.29, 1.82) is 0 Å². The topological polar surface area (TPSA) is 77.5 Å². The molecule has 6 nitrogen and oxygen atoms in total. The van der Waals surface area contributed by atoms with Crippen molar-refractivity contribution in [2.24, 2.45) is 0 Å². The lowest BCUT2D eigenvalue weighted by molar-refractivity contribution is 0.0596. The summed E-state index contributed by atoms with van der Waals surface area (Å²) < 4.78 is 38.0. The number of esters is 1. The molecule has 1 N–H and O–H groups in total. The molecule has 0 fully saturated rings. The summed E-state index contributed by atoms with van der Waals surface area (Å²) in [7, 11) is 2.40. The normalized spacial score (nSPS) is 10.7. The van der Waals surface area contributed by atoms with Gasteiger partial charge in [0.1, 0.15) is 28.5 Å². The molecule has 0 spiro atoms. The molecule has 0 bridgehead atoms. The van der Waals surface area contributed by atoms with Gasteiger partial charge in [-0.15, -0.1) is 11.3 Å². The fraction of sp³-hybridized carbons (Fsp3) is 0.118. The Morgan fingerprint density at radius 1 is 1.19 bits per heavy atom. The van der Waals surface area contributed by atoms with E-state index in [0.29, 0.717) is 16.3 Å². The van der Waals surface area contributed by atoms with Gasteiger partial charge in [-0.2, -0.15) is 0 Å². The van der Waals surface area contributed by atoms with E-state index in [4.69, 9.17) is 16.3 Å². The molecule has 0 radical (unpaired) electrons. The number of methoxy groups -OCH3 is 2. The Balaban J connectivity index is 2.12. The number of ether oxygens (including phenoxy) is 2. The lowest BCUT2D eigenvalue weighted by atomic mass is 10.1. The number of nitrogens with one attached hydrogen (secondary N) is 1. The summed E-state index contributed by atoms with van der Waals surface area (Å²) in [4.78, 5) is 28.8. The van der Waals surface area contributed by atoms with Crippen LogP contribution in [-0.4, -0.2) is 31.1 Å². The third-order valence-corrected chi connectivity index (χ3v) is 4.83. The van der Waals surface area contributed by atoms with Crippen molar-refractivity contribution in [3.05, 3.63) is 51.5 Å². The highest BCUT2D eigenvalue weighted by molar-refractivity contribution is 7.22. The minimum absolute atomic E-state index is 0.0693. The van der Waals surface area contributed by atoms with Gasteiger partial charge in [-0.05, 0) is 18.2 Å². The van der Waals surface area contributed by atoms with Crippen molar-refractivity contribution < 1.29 is 27.8 Å². The maximum atomic E-state index is 14.1.